The van der Waals surface area contributed by atoms with Gasteiger partial charge in [0.2, 0.25) is 0 Å². The number of ether oxygens (including phenoxy) is 1. The Balaban J connectivity index is 1.39. The van der Waals surface area contributed by atoms with Gasteiger partial charge in [0.05, 0.1) is 12.3 Å². The number of hydrogen-bond acceptors (Lipinski definition) is 7. The van der Waals surface area contributed by atoms with Crippen molar-refractivity contribution in [1.82, 2.24) is 15.0 Å². The van der Waals surface area contributed by atoms with E-state index >= 15 is 0 Å². The molecule has 9 nitrogen and oxygen atoms in total. The van der Waals surface area contributed by atoms with Crippen molar-refractivity contribution in [3.05, 3.63) is 84.3 Å². The molecule has 4 N–H and O–H groups in total. The number of carbonyl (C=O) groups is 1. The van der Waals surface area contributed by atoms with E-state index in [1.54, 1.807) is 24.4 Å². The minimum atomic E-state index is -0.357. The van der Waals surface area contributed by atoms with Crippen LogP contribution in [0.15, 0.2) is 72.9 Å². The van der Waals surface area contributed by atoms with Crippen molar-refractivity contribution in [2.24, 2.45) is 0 Å². The molecule has 0 bridgehead atoms. The summed E-state index contributed by atoms with van der Waals surface area (Å²) in [5, 5.41) is 12.1. The molecule has 0 saturated heterocycles. The molecule has 0 aliphatic carbocycles. The number of carbonyl (C=O) groups excluding carboxylic acids is 1. The Hall–Kier alpha value is -4.66. The molecule has 0 aliphatic rings. The fourth-order valence-corrected chi connectivity index (χ4v) is 3.35. The molecule has 2 heterocycles. The van der Waals surface area contributed by atoms with Crippen molar-refractivity contribution >= 4 is 40.5 Å². The predicted octanol–water partition coefficient (Wildman–Crippen LogP) is 6.02. The number of urea groups is 1. The van der Waals surface area contributed by atoms with Gasteiger partial charge in [0.15, 0.2) is 0 Å². The highest BCUT2D eigenvalue weighted by Gasteiger charge is 2.08. The summed E-state index contributed by atoms with van der Waals surface area (Å²) in [6.45, 7) is 6.25. The van der Waals surface area contributed by atoms with Crippen LogP contribution >= 0.6 is 0 Å². The van der Waals surface area contributed by atoms with Crippen LogP contribution in [0.25, 0.3) is 0 Å². The molecule has 2 aromatic heterocycles. The highest BCUT2D eigenvalue weighted by Crippen LogP contribution is 2.25. The van der Waals surface area contributed by atoms with Crippen LogP contribution in [0.4, 0.5) is 39.3 Å². The monoisotopic (exact) mass is 469 g/mol. The SMILES string of the molecule is CCOc1ccccc1NC(=O)Nc1ccc(Nc2cc(Nc3cc(C)ccn3)nc(C)n2)cc1. The van der Waals surface area contributed by atoms with Gasteiger partial charge in [0.25, 0.3) is 0 Å². The molecule has 2 aromatic carbocycles. The maximum atomic E-state index is 12.4. The first-order valence-electron chi connectivity index (χ1n) is 11.2. The number of aryl methyl sites for hydroxylation is 2. The molecule has 2 amide bonds. The number of nitrogens with zero attached hydrogens (tertiary/aromatic N) is 3. The molecule has 0 unspecified atom stereocenters. The Morgan fingerprint density at radius 1 is 0.829 bits per heavy atom. The number of benzene rings is 2. The van der Waals surface area contributed by atoms with Crippen molar-refractivity contribution in [2.45, 2.75) is 20.8 Å². The van der Waals surface area contributed by atoms with Crippen molar-refractivity contribution in [3.63, 3.8) is 0 Å². The topological polar surface area (TPSA) is 113 Å². The number of nitrogens with one attached hydrogen (secondary N) is 4. The van der Waals surface area contributed by atoms with E-state index in [1.807, 2.05) is 69.3 Å². The second kappa shape index (κ2) is 11.0. The molecular formula is C26H27N7O2. The van der Waals surface area contributed by atoms with E-state index < -0.39 is 0 Å². The van der Waals surface area contributed by atoms with Gasteiger partial charge in [0, 0.05) is 23.6 Å². The second-order valence-electron chi connectivity index (χ2n) is 7.74. The summed E-state index contributed by atoms with van der Waals surface area (Å²) < 4.78 is 5.55. The van der Waals surface area contributed by atoms with Gasteiger partial charge in [-0.3, -0.25) is 0 Å². The van der Waals surface area contributed by atoms with Gasteiger partial charge in [-0.25, -0.2) is 19.7 Å². The third-order valence-electron chi connectivity index (χ3n) is 4.86. The molecule has 35 heavy (non-hydrogen) atoms. The largest absolute Gasteiger partial charge is 0.492 e. The third-order valence-corrected chi connectivity index (χ3v) is 4.86. The molecule has 0 atom stereocenters. The second-order valence-corrected chi connectivity index (χ2v) is 7.74. The van der Waals surface area contributed by atoms with Crippen LogP contribution in [0.5, 0.6) is 5.75 Å². The summed E-state index contributed by atoms with van der Waals surface area (Å²) in [6, 6.07) is 20.0. The lowest BCUT2D eigenvalue weighted by molar-refractivity contribution is 0.262. The summed E-state index contributed by atoms with van der Waals surface area (Å²) >= 11 is 0. The molecule has 0 saturated carbocycles. The molecule has 0 spiro atoms. The maximum absolute atomic E-state index is 12.4. The Morgan fingerprint density at radius 2 is 1.54 bits per heavy atom. The van der Waals surface area contributed by atoms with Gasteiger partial charge >= 0.3 is 6.03 Å². The fourth-order valence-electron chi connectivity index (χ4n) is 3.35. The van der Waals surface area contributed by atoms with E-state index in [0.29, 0.717) is 47.0 Å². The van der Waals surface area contributed by atoms with E-state index in [1.165, 1.54) is 0 Å². The zero-order valence-corrected chi connectivity index (χ0v) is 19.8. The van der Waals surface area contributed by atoms with E-state index in [0.717, 1.165) is 11.3 Å². The summed E-state index contributed by atoms with van der Waals surface area (Å²) in [5.41, 5.74) is 3.17. The third kappa shape index (κ3) is 6.67. The highest BCUT2D eigenvalue weighted by molar-refractivity contribution is 6.00. The quantitative estimate of drug-likeness (QED) is 0.250. The first-order chi connectivity index (χ1) is 17.0. The average molecular weight is 470 g/mol. The van der Waals surface area contributed by atoms with Crippen LogP contribution in [-0.4, -0.2) is 27.6 Å². The Labute approximate surface area is 204 Å². The number of para-hydroxylation sites is 2. The summed E-state index contributed by atoms with van der Waals surface area (Å²) in [4.78, 5) is 25.6. The molecule has 0 fully saturated rings. The van der Waals surface area contributed by atoms with Gasteiger partial charge in [-0.05, 0) is 74.9 Å². The van der Waals surface area contributed by atoms with Gasteiger partial charge < -0.3 is 26.0 Å². The van der Waals surface area contributed by atoms with Crippen molar-refractivity contribution in [3.8, 4) is 5.75 Å². The lowest BCUT2D eigenvalue weighted by Gasteiger charge is -2.13. The van der Waals surface area contributed by atoms with Crippen LogP contribution in [0.3, 0.4) is 0 Å². The van der Waals surface area contributed by atoms with Crippen molar-refractivity contribution in [1.29, 1.82) is 0 Å². The lowest BCUT2D eigenvalue weighted by atomic mass is 10.2. The van der Waals surface area contributed by atoms with E-state index in [4.69, 9.17) is 4.74 Å². The molecule has 9 heteroatoms. The Morgan fingerprint density at radius 3 is 2.29 bits per heavy atom. The first-order valence-corrected chi connectivity index (χ1v) is 11.2. The zero-order valence-electron chi connectivity index (χ0n) is 19.8. The molecule has 0 aliphatic heterocycles. The number of hydrogen-bond donors (Lipinski definition) is 4. The van der Waals surface area contributed by atoms with Gasteiger partial charge in [-0.15, -0.1) is 0 Å². The van der Waals surface area contributed by atoms with E-state index in [-0.39, 0.29) is 6.03 Å². The van der Waals surface area contributed by atoms with Crippen LogP contribution in [0.1, 0.15) is 18.3 Å². The van der Waals surface area contributed by atoms with Crippen molar-refractivity contribution < 1.29 is 9.53 Å². The highest BCUT2D eigenvalue weighted by atomic mass is 16.5. The number of pyridine rings is 1. The Kier molecular flexibility index (Phi) is 7.37. The van der Waals surface area contributed by atoms with E-state index in [2.05, 4.69) is 36.2 Å². The first kappa shape index (κ1) is 23.5. The summed E-state index contributed by atoms with van der Waals surface area (Å²) in [7, 11) is 0. The molecule has 4 rings (SSSR count). The molecule has 0 radical (unpaired) electrons. The normalized spacial score (nSPS) is 10.4. The average Bonchev–Trinajstić information content (AvgIpc) is 2.81. The van der Waals surface area contributed by atoms with Gasteiger partial charge in [-0.2, -0.15) is 0 Å². The number of amides is 2. The number of aromatic nitrogens is 3. The standard InChI is InChI=1S/C26H27N7O2/c1-4-35-22-8-6-5-7-21(22)32-26(34)31-20-11-9-19(10-12-20)30-24-16-25(29-18(3)28-24)33-23-15-17(2)13-14-27-23/h5-16H,4H2,1-3H3,(H2,31,32,34)(H2,27,28,29,30,33). The van der Waals surface area contributed by atoms with Crippen LogP contribution < -0.4 is 26.0 Å². The lowest BCUT2D eigenvalue weighted by Crippen LogP contribution is -2.19. The maximum Gasteiger partial charge on any atom is 0.323 e. The minimum Gasteiger partial charge on any atom is -0.492 e. The van der Waals surface area contributed by atoms with Gasteiger partial charge in [0.1, 0.15) is 29.0 Å². The molecule has 178 valence electrons. The van der Waals surface area contributed by atoms with Crippen LogP contribution in [0, 0.1) is 13.8 Å². The fraction of sp³-hybridized carbons (Fsp3) is 0.154. The number of rotatable bonds is 8. The molecular weight excluding hydrogens is 442 g/mol. The molecule has 4 aromatic rings. The predicted molar refractivity (Wildman–Crippen MR) is 139 cm³/mol. The Bertz CT molecular complexity index is 1310. The summed E-state index contributed by atoms with van der Waals surface area (Å²) in [5.74, 6) is 3.23. The smallest absolute Gasteiger partial charge is 0.323 e. The summed E-state index contributed by atoms with van der Waals surface area (Å²) in [6.07, 6.45) is 1.75. The number of anilines is 6. The van der Waals surface area contributed by atoms with E-state index in [9.17, 15) is 4.79 Å². The van der Waals surface area contributed by atoms with Gasteiger partial charge in [-0.1, -0.05) is 12.1 Å². The minimum absolute atomic E-state index is 0.357. The zero-order chi connectivity index (χ0) is 24.6. The van der Waals surface area contributed by atoms with Crippen molar-refractivity contribution in [2.75, 3.05) is 27.9 Å². The van der Waals surface area contributed by atoms with Crippen LogP contribution in [-0.2, 0) is 0 Å². The van der Waals surface area contributed by atoms with Crippen LogP contribution in [0.2, 0.25) is 0 Å².